The van der Waals surface area contributed by atoms with E-state index in [9.17, 15) is 18.0 Å². The van der Waals surface area contributed by atoms with Gasteiger partial charge in [0.1, 0.15) is 18.4 Å². The van der Waals surface area contributed by atoms with Gasteiger partial charge in [-0.3, -0.25) is 15.1 Å². The lowest BCUT2D eigenvalue weighted by Crippen LogP contribution is -2.41. The highest BCUT2D eigenvalue weighted by atomic mass is 19.4. The van der Waals surface area contributed by atoms with Crippen molar-refractivity contribution in [1.29, 1.82) is 0 Å². The molecule has 2 N–H and O–H groups in total. The van der Waals surface area contributed by atoms with Crippen LogP contribution in [-0.2, 0) is 11.4 Å². The number of rotatable bonds is 9. The molecule has 2 unspecified atom stereocenters. The Balaban J connectivity index is 1.55. The van der Waals surface area contributed by atoms with Crippen molar-refractivity contribution in [3.05, 3.63) is 95.8 Å². The Bertz CT molecular complexity index is 998. The number of benzene rings is 2. The van der Waals surface area contributed by atoms with Crippen molar-refractivity contribution in [3.63, 3.8) is 0 Å². The van der Waals surface area contributed by atoms with Crippen LogP contribution in [0.3, 0.4) is 0 Å². The Kier molecular flexibility index (Phi) is 7.83. The van der Waals surface area contributed by atoms with Gasteiger partial charge in [0.2, 0.25) is 5.91 Å². The van der Waals surface area contributed by atoms with Crippen LogP contribution in [0.5, 0.6) is 5.75 Å². The lowest BCUT2D eigenvalue weighted by Gasteiger charge is -2.22. The molecule has 1 heterocycles. The van der Waals surface area contributed by atoms with Crippen molar-refractivity contribution in [2.75, 3.05) is 6.54 Å². The predicted molar refractivity (Wildman–Crippen MR) is 115 cm³/mol. The van der Waals surface area contributed by atoms with Crippen molar-refractivity contribution < 1.29 is 22.7 Å². The number of carbonyl (C=O) groups is 1. The zero-order chi connectivity index (χ0) is 23.0. The van der Waals surface area contributed by atoms with E-state index in [0.717, 1.165) is 11.3 Å². The molecule has 168 valence electrons. The number of nitrogens with one attached hydrogen (secondary N) is 2. The molecule has 1 aromatic heterocycles. The van der Waals surface area contributed by atoms with Crippen molar-refractivity contribution in [2.45, 2.75) is 31.8 Å². The summed E-state index contributed by atoms with van der Waals surface area (Å²) in [5.41, 5.74) is 1.61. The minimum atomic E-state index is -4.52. The number of hydrogen-bond acceptors (Lipinski definition) is 4. The smallest absolute Gasteiger partial charge is 0.407 e. The fraction of sp³-hybridized carbons (Fsp3) is 0.250. The molecule has 0 bridgehead atoms. The maximum absolute atomic E-state index is 13.4. The van der Waals surface area contributed by atoms with E-state index in [1.807, 2.05) is 24.3 Å². The van der Waals surface area contributed by atoms with Gasteiger partial charge in [0.25, 0.3) is 0 Å². The first-order valence-corrected chi connectivity index (χ1v) is 10.1. The summed E-state index contributed by atoms with van der Waals surface area (Å²) in [6, 6.07) is 17.8. The highest BCUT2D eigenvalue weighted by Gasteiger charge is 2.40. The van der Waals surface area contributed by atoms with Crippen molar-refractivity contribution in [1.82, 2.24) is 15.6 Å². The van der Waals surface area contributed by atoms with Crippen LogP contribution in [0.15, 0.2) is 79.0 Å². The van der Waals surface area contributed by atoms with Gasteiger partial charge in [-0.1, -0.05) is 48.5 Å². The van der Waals surface area contributed by atoms with Gasteiger partial charge < -0.3 is 10.1 Å². The van der Waals surface area contributed by atoms with Gasteiger partial charge in [-0.25, -0.2) is 0 Å². The monoisotopic (exact) mass is 443 g/mol. The molecule has 0 saturated heterocycles. The summed E-state index contributed by atoms with van der Waals surface area (Å²) in [6.45, 7) is 1.58. The molecule has 2 atom stereocenters. The molecule has 0 fully saturated rings. The van der Waals surface area contributed by atoms with Crippen LogP contribution in [0.1, 0.15) is 35.8 Å². The fourth-order valence-corrected chi connectivity index (χ4v) is 3.15. The topological polar surface area (TPSA) is 63.2 Å². The van der Waals surface area contributed by atoms with Crippen molar-refractivity contribution >= 4 is 5.91 Å². The number of carbonyl (C=O) groups excluding carboxylic acids is 1. The number of aromatic nitrogens is 1. The average Bonchev–Trinajstić information content (AvgIpc) is 2.78. The lowest BCUT2D eigenvalue weighted by atomic mass is 10.1. The molecular weight excluding hydrogens is 419 g/mol. The molecule has 32 heavy (non-hydrogen) atoms. The quantitative estimate of drug-likeness (QED) is 0.502. The van der Waals surface area contributed by atoms with Crippen LogP contribution in [0.4, 0.5) is 13.2 Å². The molecule has 1 amide bonds. The third-order valence-corrected chi connectivity index (χ3v) is 4.78. The molecule has 3 rings (SSSR count). The van der Waals surface area contributed by atoms with Crippen molar-refractivity contribution in [2.24, 2.45) is 0 Å². The molecule has 0 aliphatic rings. The van der Waals surface area contributed by atoms with E-state index in [4.69, 9.17) is 4.74 Å². The van der Waals surface area contributed by atoms with Gasteiger partial charge in [0, 0.05) is 6.20 Å². The maximum atomic E-state index is 13.4. The van der Waals surface area contributed by atoms with Gasteiger partial charge in [0.05, 0.1) is 18.3 Å². The molecule has 0 saturated carbocycles. The van der Waals surface area contributed by atoms with E-state index in [0.29, 0.717) is 12.4 Å². The number of hydrogen-bond donors (Lipinski definition) is 2. The molecule has 0 aliphatic heterocycles. The number of ether oxygens (including phenoxy) is 1. The van der Waals surface area contributed by atoms with E-state index >= 15 is 0 Å². The third kappa shape index (κ3) is 6.81. The Morgan fingerprint density at radius 2 is 1.72 bits per heavy atom. The van der Waals surface area contributed by atoms with E-state index in [1.54, 1.807) is 37.4 Å². The molecular formula is C24H24F3N3O2. The van der Waals surface area contributed by atoms with Crippen LogP contribution in [0, 0.1) is 0 Å². The zero-order valence-electron chi connectivity index (χ0n) is 17.5. The van der Waals surface area contributed by atoms with Crippen LogP contribution in [0.2, 0.25) is 0 Å². The van der Waals surface area contributed by atoms with E-state index in [-0.39, 0.29) is 5.56 Å². The Morgan fingerprint density at radius 3 is 2.41 bits per heavy atom. The second-order valence-electron chi connectivity index (χ2n) is 7.24. The van der Waals surface area contributed by atoms with Gasteiger partial charge in [0.15, 0.2) is 0 Å². The van der Waals surface area contributed by atoms with Gasteiger partial charge in [-0.05, 0) is 42.3 Å². The predicted octanol–water partition coefficient (Wildman–Crippen LogP) is 4.73. The summed E-state index contributed by atoms with van der Waals surface area (Å²) in [4.78, 5) is 16.5. The fourth-order valence-electron chi connectivity index (χ4n) is 3.15. The molecule has 3 aromatic rings. The Labute approximate surface area is 184 Å². The lowest BCUT2D eigenvalue weighted by molar-refractivity contribution is -0.158. The zero-order valence-corrected chi connectivity index (χ0v) is 17.5. The summed E-state index contributed by atoms with van der Waals surface area (Å²) >= 11 is 0. The van der Waals surface area contributed by atoms with E-state index in [2.05, 4.69) is 15.6 Å². The summed E-state index contributed by atoms with van der Waals surface area (Å²) < 4.78 is 46.0. The minimum absolute atomic E-state index is 0.0543. The standard InChI is InChI=1S/C24H24F3N3O2/c1-17(19-10-7-12-21(14-19)32-16-20-11-5-6-13-28-20)30-22(31)15-29-23(24(25,26)27)18-8-3-2-4-9-18/h2-14,17,23,29H,15-16H2,1H3,(H,30,31). The van der Waals surface area contributed by atoms with Gasteiger partial charge in [-0.15, -0.1) is 0 Å². The van der Waals surface area contributed by atoms with Gasteiger partial charge >= 0.3 is 6.18 Å². The minimum Gasteiger partial charge on any atom is -0.487 e. The number of amides is 1. The van der Waals surface area contributed by atoms with E-state index in [1.165, 1.54) is 24.3 Å². The molecule has 2 aromatic carbocycles. The molecule has 5 nitrogen and oxygen atoms in total. The third-order valence-electron chi connectivity index (χ3n) is 4.78. The average molecular weight is 443 g/mol. The number of alkyl halides is 3. The highest BCUT2D eigenvalue weighted by molar-refractivity contribution is 5.78. The normalized spacial score (nSPS) is 13.2. The first kappa shape index (κ1) is 23.3. The Hall–Kier alpha value is -3.39. The van der Waals surface area contributed by atoms with Crippen LogP contribution in [-0.4, -0.2) is 23.6 Å². The summed E-state index contributed by atoms with van der Waals surface area (Å²) in [7, 11) is 0. The van der Waals surface area contributed by atoms with E-state index < -0.39 is 30.7 Å². The van der Waals surface area contributed by atoms with Crippen LogP contribution in [0.25, 0.3) is 0 Å². The first-order chi connectivity index (χ1) is 15.3. The molecule has 0 aliphatic carbocycles. The second kappa shape index (κ2) is 10.8. The maximum Gasteiger partial charge on any atom is 0.407 e. The summed E-state index contributed by atoms with van der Waals surface area (Å²) in [5.74, 6) is 0.0658. The largest absolute Gasteiger partial charge is 0.487 e. The number of nitrogens with zero attached hydrogens (tertiary/aromatic N) is 1. The first-order valence-electron chi connectivity index (χ1n) is 10.1. The second-order valence-corrected chi connectivity index (χ2v) is 7.24. The van der Waals surface area contributed by atoms with Gasteiger partial charge in [-0.2, -0.15) is 13.2 Å². The van der Waals surface area contributed by atoms with Crippen LogP contribution < -0.4 is 15.4 Å². The SMILES string of the molecule is CC(NC(=O)CNC(c1ccccc1)C(F)(F)F)c1cccc(OCc2ccccn2)c1. The molecule has 8 heteroatoms. The van der Waals surface area contributed by atoms with Crippen LogP contribution >= 0.6 is 0 Å². The number of pyridine rings is 1. The summed E-state index contributed by atoms with van der Waals surface area (Å²) in [6.07, 6.45) is -2.84. The molecule has 0 radical (unpaired) electrons. The molecule has 0 spiro atoms. The highest BCUT2D eigenvalue weighted by Crippen LogP contribution is 2.32. The summed E-state index contributed by atoms with van der Waals surface area (Å²) in [5, 5.41) is 5.03. The van der Waals surface area contributed by atoms with Crippen molar-refractivity contribution in [3.8, 4) is 5.75 Å². The Morgan fingerprint density at radius 1 is 1.00 bits per heavy atom. The number of halogens is 3.